The van der Waals surface area contributed by atoms with Crippen LogP contribution in [0.2, 0.25) is 0 Å². The van der Waals surface area contributed by atoms with Crippen LogP contribution in [0.15, 0.2) is 0 Å². The summed E-state index contributed by atoms with van der Waals surface area (Å²) in [6.45, 7) is 3.90. The number of amides is 1. The van der Waals surface area contributed by atoms with Crippen molar-refractivity contribution in [2.24, 2.45) is 5.92 Å². The standard InChI is InChI=1S/C13H20N4O/c1-2-9-4-3-7-17(8-9)13(18)12-14-11(15-16-12)10-5-6-10/h9-10H,2-8H2,1H3,(H,14,15,16). The second-order valence-corrected chi connectivity index (χ2v) is 5.49. The van der Waals surface area contributed by atoms with E-state index in [1.54, 1.807) is 0 Å². The summed E-state index contributed by atoms with van der Waals surface area (Å²) in [7, 11) is 0. The number of nitrogens with zero attached hydrogens (tertiary/aromatic N) is 3. The molecule has 1 saturated heterocycles. The van der Waals surface area contributed by atoms with Crippen molar-refractivity contribution < 1.29 is 4.79 Å². The van der Waals surface area contributed by atoms with E-state index in [0.29, 0.717) is 17.7 Å². The largest absolute Gasteiger partial charge is 0.336 e. The first-order valence-corrected chi connectivity index (χ1v) is 6.99. The lowest BCUT2D eigenvalue weighted by molar-refractivity contribution is 0.0659. The molecule has 18 heavy (non-hydrogen) atoms. The van der Waals surface area contributed by atoms with Crippen LogP contribution >= 0.6 is 0 Å². The number of hydrogen-bond acceptors (Lipinski definition) is 3. The molecule has 2 heterocycles. The maximum Gasteiger partial charge on any atom is 0.293 e. The van der Waals surface area contributed by atoms with Crippen LogP contribution in [0.25, 0.3) is 0 Å². The lowest BCUT2D eigenvalue weighted by Gasteiger charge is -2.31. The van der Waals surface area contributed by atoms with E-state index in [9.17, 15) is 4.79 Å². The van der Waals surface area contributed by atoms with E-state index in [1.165, 1.54) is 19.3 Å². The van der Waals surface area contributed by atoms with Crippen LogP contribution < -0.4 is 0 Å². The second kappa shape index (κ2) is 4.71. The summed E-state index contributed by atoms with van der Waals surface area (Å²) in [5.41, 5.74) is 0. The molecule has 2 fully saturated rings. The van der Waals surface area contributed by atoms with Crippen molar-refractivity contribution in [3.8, 4) is 0 Å². The molecule has 0 bridgehead atoms. The Morgan fingerprint density at radius 1 is 1.44 bits per heavy atom. The molecule has 0 radical (unpaired) electrons. The molecular weight excluding hydrogens is 228 g/mol. The predicted octanol–water partition coefficient (Wildman–Crippen LogP) is 1.94. The van der Waals surface area contributed by atoms with Gasteiger partial charge in [0, 0.05) is 19.0 Å². The summed E-state index contributed by atoms with van der Waals surface area (Å²) in [5, 5.41) is 6.98. The molecule has 1 unspecified atom stereocenters. The maximum atomic E-state index is 12.3. The van der Waals surface area contributed by atoms with Gasteiger partial charge in [-0.15, -0.1) is 5.10 Å². The molecule has 1 aromatic rings. The van der Waals surface area contributed by atoms with E-state index in [2.05, 4.69) is 22.1 Å². The smallest absolute Gasteiger partial charge is 0.293 e. The molecule has 5 heteroatoms. The lowest BCUT2D eigenvalue weighted by atomic mass is 9.95. The van der Waals surface area contributed by atoms with Gasteiger partial charge in [0.25, 0.3) is 5.91 Å². The van der Waals surface area contributed by atoms with Crippen LogP contribution in [0.3, 0.4) is 0 Å². The number of aromatic amines is 1. The minimum absolute atomic E-state index is 0.00343. The first-order valence-electron chi connectivity index (χ1n) is 6.99. The fraction of sp³-hybridized carbons (Fsp3) is 0.769. The van der Waals surface area contributed by atoms with Crippen molar-refractivity contribution in [1.82, 2.24) is 20.1 Å². The number of carbonyl (C=O) groups excluding carboxylic acids is 1. The molecule has 5 nitrogen and oxygen atoms in total. The van der Waals surface area contributed by atoms with Crippen LogP contribution in [0.1, 0.15) is 61.4 Å². The normalized spacial score (nSPS) is 24.3. The average molecular weight is 248 g/mol. The fourth-order valence-corrected chi connectivity index (χ4v) is 2.63. The van der Waals surface area contributed by atoms with Gasteiger partial charge in [0.1, 0.15) is 5.82 Å². The Morgan fingerprint density at radius 2 is 2.28 bits per heavy atom. The molecule has 1 atom stereocenters. The van der Waals surface area contributed by atoms with Gasteiger partial charge in [0.15, 0.2) is 0 Å². The molecular formula is C13H20N4O. The minimum atomic E-state index is -0.00343. The zero-order valence-corrected chi connectivity index (χ0v) is 10.9. The zero-order valence-electron chi connectivity index (χ0n) is 10.9. The van der Waals surface area contributed by atoms with Crippen LogP contribution in [-0.2, 0) is 0 Å². The van der Waals surface area contributed by atoms with Crippen molar-refractivity contribution in [1.29, 1.82) is 0 Å². The summed E-state index contributed by atoms with van der Waals surface area (Å²) >= 11 is 0. The molecule has 98 valence electrons. The van der Waals surface area contributed by atoms with Crippen molar-refractivity contribution in [2.75, 3.05) is 13.1 Å². The number of likely N-dealkylation sites (tertiary alicyclic amines) is 1. The molecule has 3 rings (SSSR count). The van der Waals surface area contributed by atoms with Gasteiger partial charge in [-0.1, -0.05) is 13.3 Å². The van der Waals surface area contributed by atoms with Gasteiger partial charge in [0.05, 0.1) is 0 Å². The van der Waals surface area contributed by atoms with Crippen molar-refractivity contribution in [3.05, 3.63) is 11.6 Å². The van der Waals surface area contributed by atoms with Gasteiger partial charge in [-0.3, -0.25) is 9.89 Å². The van der Waals surface area contributed by atoms with Gasteiger partial charge in [-0.2, -0.15) is 0 Å². The van der Waals surface area contributed by atoms with E-state index >= 15 is 0 Å². The van der Waals surface area contributed by atoms with E-state index in [-0.39, 0.29) is 5.91 Å². The van der Waals surface area contributed by atoms with Gasteiger partial charge < -0.3 is 4.90 Å². The van der Waals surface area contributed by atoms with Gasteiger partial charge in [-0.25, -0.2) is 4.98 Å². The molecule has 1 amide bonds. The predicted molar refractivity (Wildman–Crippen MR) is 67.3 cm³/mol. The summed E-state index contributed by atoms with van der Waals surface area (Å²) in [4.78, 5) is 18.6. The van der Waals surface area contributed by atoms with Gasteiger partial charge >= 0.3 is 0 Å². The third-order valence-electron chi connectivity index (χ3n) is 4.04. The Hall–Kier alpha value is -1.39. The molecule has 1 aliphatic heterocycles. The summed E-state index contributed by atoms with van der Waals surface area (Å²) in [6.07, 6.45) is 5.83. The Labute approximate surface area is 107 Å². The highest BCUT2D eigenvalue weighted by molar-refractivity contribution is 5.90. The number of rotatable bonds is 3. The Kier molecular flexibility index (Phi) is 3.06. The SMILES string of the molecule is CCC1CCCN(C(=O)c2n[nH]c(C3CC3)n2)C1. The topological polar surface area (TPSA) is 61.9 Å². The molecule has 0 spiro atoms. The molecule has 2 aliphatic rings. The van der Waals surface area contributed by atoms with E-state index in [4.69, 9.17) is 0 Å². The van der Waals surface area contributed by atoms with Crippen LogP contribution in [0.4, 0.5) is 0 Å². The first-order chi connectivity index (χ1) is 8.78. The third kappa shape index (κ3) is 2.26. The zero-order chi connectivity index (χ0) is 12.5. The summed E-state index contributed by atoms with van der Waals surface area (Å²) < 4.78 is 0. The number of piperidine rings is 1. The third-order valence-corrected chi connectivity index (χ3v) is 4.04. The number of nitrogens with one attached hydrogen (secondary N) is 1. The van der Waals surface area contributed by atoms with E-state index < -0.39 is 0 Å². The Morgan fingerprint density at radius 3 is 3.00 bits per heavy atom. The molecule has 0 aromatic carbocycles. The molecule has 1 saturated carbocycles. The van der Waals surface area contributed by atoms with Crippen molar-refractivity contribution in [3.63, 3.8) is 0 Å². The Balaban J connectivity index is 1.68. The van der Waals surface area contributed by atoms with Gasteiger partial charge in [0.2, 0.25) is 5.82 Å². The van der Waals surface area contributed by atoms with E-state index in [0.717, 1.165) is 31.8 Å². The first kappa shape index (κ1) is 11.7. The fourth-order valence-electron chi connectivity index (χ4n) is 2.63. The van der Waals surface area contributed by atoms with Gasteiger partial charge in [-0.05, 0) is 31.6 Å². The quantitative estimate of drug-likeness (QED) is 0.889. The van der Waals surface area contributed by atoms with E-state index in [1.807, 2.05) is 4.90 Å². The molecule has 1 N–H and O–H groups in total. The Bertz CT molecular complexity index is 438. The molecule has 1 aromatic heterocycles. The second-order valence-electron chi connectivity index (χ2n) is 5.49. The molecule has 1 aliphatic carbocycles. The number of H-pyrrole nitrogens is 1. The van der Waals surface area contributed by atoms with Crippen molar-refractivity contribution >= 4 is 5.91 Å². The number of aromatic nitrogens is 3. The highest BCUT2D eigenvalue weighted by Crippen LogP contribution is 2.37. The lowest BCUT2D eigenvalue weighted by Crippen LogP contribution is -2.40. The maximum absolute atomic E-state index is 12.3. The van der Waals surface area contributed by atoms with Crippen LogP contribution in [-0.4, -0.2) is 39.1 Å². The van der Waals surface area contributed by atoms with Crippen molar-refractivity contribution in [2.45, 2.75) is 44.9 Å². The monoisotopic (exact) mass is 248 g/mol. The minimum Gasteiger partial charge on any atom is -0.336 e. The summed E-state index contributed by atoms with van der Waals surface area (Å²) in [6, 6.07) is 0. The number of carbonyl (C=O) groups is 1. The highest BCUT2D eigenvalue weighted by Gasteiger charge is 2.30. The highest BCUT2D eigenvalue weighted by atomic mass is 16.2. The number of hydrogen-bond donors (Lipinski definition) is 1. The average Bonchev–Trinajstić information content (AvgIpc) is 3.16. The van der Waals surface area contributed by atoms with Crippen LogP contribution in [0.5, 0.6) is 0 Å². The summed E-state index contributed by atoms with van der Waals surface area (Å²) in [5.74, 6) is 2.40. The van der Waals surface area contributed by atoms with Crippen LogP contribution in [0, 0.1) is 5.92 Å².